The molecule has 1 amide bonds. The van der Waals surface area contributed by atoms with Crippen LogP contribution < -0.4 is 10.1 Å². The second-order valence-corrected chi connectivity index (χ2v) is 14.4. The summed E-state index contributed by atoms with van der Waals surface area (Å²) < 4.78 is 71.3. The van der Waals surface area contributed by atoms with Gasteiger partial charge in [0.1, 0.15) is 17.7 Å². The third kappa shape index (κ3) is 5.13. The van der Waals surface area contributed by atoms with E-state index in [0.29, 0.717) is 68.3 Å². The number of benzene rings is 2. The van der Waals surface area contributed by atoms with Gasteiger partial charge in [0.25, 0.3) is 11.8 Å². The first kappa shape index (κ1) is 32.5. The van der Waals surface area contributed by atoms with E-state index in [2.05, 4.69) is 20.5 Å². The first-order valence-electron chi connectivity index (χ1n) is 16.9. The number of halogens is 4. The molecule has 3 aliphatic rings. The van der Waals surface area contributed by atoms with Crippen molar-refractivity contribution in [2.75, 3.05) is 19.0 Å². The lowest BCUT2D eigenvalue weighted by atomic mass is 9.93. The Morgan fingerprint density at radius 1 is 1.06 bits per heavy atom. The van der Waals surface area contributed by atoms with Crippen LogP contribution in [0.4, 0.5) is 23.4 Å². The number of aromatic nitrogens is 4. The van der Waals surface area contributed by atoms with Crippen LogP contribution in [0.1, 0.15) is 69.3 Å². The number of fused-ring (bicyclic) bond motifs is 5. The predicted molar refractivity (Wildman–Crippen MR) is 186 cm³/mol. The molecule has 14 heteroatoms. The molecule has 4 aromatic heterocycles. The summed E-state index contributed by atoms with van der Waals surface area (Å²) in [5, 5.41) is 12.2. The molecule has 2 aromatic carbocycles. The Morgan fingerprint density at radius 3 is 2.65 bits per heavy atom. The normalized spacial score (nSPS) is 18.6. The van der Waals surface area contributed by atoms with Gasteiger partial charge in [-0.05, 0) is 72.5 Å². The van der Waals surface area contributed by atoms with Crippen molar-refractivity contribution in [3.8, 4) is 27.6 Å². The highest BCUT2D eigenvalue weighted by molar-refractivity contribution is 7.23. The molecule has 9 nitrogen and oxygen atoms in total. The molecule has 52 heavy (non-hydrogen) atoms. The average Bonchev–Trinajstić information content (AvgIpc) is 3.95. The SMILES string of the molecule is COc1c(F)ccc2c1CC(F)(F)[C@H]2Nc1nccc2cc(-c3c4c(nc(CCc5ccc(F)cc5)c3-c3nnc(C)o3)C3CCCN3C4=O)sc12. The Balaban J connectivity index is 1.21. The fourth-order valence-corrected chi connectivity index (χ4v) is 9.05. The number of nitrogens with one attached hydrogen (secondary N) is 1. The van der Waals surface area contributed by atoms with Crippen LogP contribution in [0.3, 0.4) is 0 Å². The first-order valence-corrected chi connectivity index (χ1v) is 17.7. The predicted octanol–water partition coefficient (Wildman–Crippen LogP) is 8.42. The van der Waals surface area contributed by atoms with Crippen molar-refractivity contribution < 1.29 is 31.5 Å². The third-order valence-corrected chi connectivity index (χ3v) is 11.4. The summed E-state index contributed by atoms with van der Waals surface area (Å²) in [6.07, 6.45) is 3.45. The van der Waals surface area contributed by atoms with Gasteiger partial charge in [0.2, 0.25) is 11.8 Å². The number of hydrogen-bond acceptors (Lipinski definition) is 9. The van der Waals surface area contributed by atoms with Crippen LogP contribution >= 0.6 is 11.3 Å². The maximum Gasteiger partial charge on any atom is 0.276 e. The van der Waals surface area contributed by atoms with Crippen molar-refractivity contribution in [2.45, 2.75) is 57.0 Å². The maximum atomic E-state index is 15.7. The van der Waals surface area contributed by atoms with Crippen molar-refractivity contribution in [1.82, 2.24) is 25.1 Å². The monoisotopic (exact) mass is 726 g/mol. The van der Waals surface area contributed by atoms with Gasteiger partial charge in [-0.15, -0.1) is 21.5 Å². The molecule has 1 fully saturated rings. The maximum absolute atomic E-state index is 15.7. The summed E-state index contributed by atoms with van der Waals surface area (Å²) in [6, 6.07) is 10.8. The molecule has 0 bridgehead atoms. The number of alkyl halides is 2. The van der Waals surface area contributed by atoms with E-state index in [-0.39, 0.29) is 46.4 Å². The summed E-state index contributed by atoms with van der Waals surface area (Å²) >= 11 is 1.30. The molecule has 9 rings (SSSR count). The summed E-state index contributed by atoms with van der Waals surface area (Å²) in [4.78, 5) is 26.4. The third-order valence-electron chi connectivity index (χ3n) is 10.2. The molecular weight excluding hydrogens is 697 g/mol. The van der Waals surface area contributed by atoms with E-state index in [1.807, 2.05) is 11.0 Å². The minimum Gasteiger partial charge on any atom is -0.493 e. The summed E-state index contributed by atoms with van der Waals surface area (Å²) in [5.41, 5.74) is 4.16. The molecule has 0 saturated carbocycles. The second kappa shape index (κ2) is 12.1. The minimum absolute atomic E-state index is 0.114. The summed E-state index contributed by atoms with van der Waals surface area (Å²) in [5.74, 6) is -3.87. The van der Waals surface area contributed by atoms with E-state index in [0.717, 1.165) is 24.5 Å². The molecule has 0 radical (unpaired) electrons. The van der Waals surface area contributed by atoms with Crippen LogP contribution in [0.15, 0.2) is 59.1 Å². The van der Waals surface area contributed by atoms with Crippen molar-refractivity contribution >= 4 is 33.1 Å². The number of hydrogen-bond donors (Lipinski definition) is 1. The first-order chi connectivity index (χ1) is 25.1. The van der Waals surface area contributed by atoms with Crippen LogP contribution in [0, 0.1) is 18.6 Å². The van der Waals surface area contributed by atoms with E-state index < -0.39 is 24.2 Å². The van der Waals surface area contributed by atoms with Gasteiger partial charge in [0, 0.05) is 42.1 Å². The molecule has 1 saturated heterocycles. The van der Waals surface area contributed by atoms with Gasteiger partial charge in [-0.1, -0.05) is 18.2 Å². The smallest absolute Gasteiger partial charge is 0.276 e. The van der Waals surface area contributed by atoms with E-state index >= 15 is 8.78 Å². The van der Waals surface area contributed by atoms with Crippen molar-refractivity contribution in [2.24, 2.45) is 0 Å². The van der Waals surface area contributed by atoms with E-state index in [1.165, 1.54) is 42.8 Å². The quantitative estimate of drug-likeness (QED) is 0.156. The molecule has 6 heterocycles. The highest BCUT2D eigenvalue weighted by atomic mass is 32.1. The van der Waals surface area contributed by atoms with Crippen molar-refractivity contribution in [1.29, 1.82) is 0 Å². The number of thiophene rings is 1. The van der Waals surface area contributed by atoms with E-state index in [1.54, 1.807) is 25.1 Å². The van der Waals surface area contributed by atoms with E-state index in [4.69, 9.17) is 14.1 Å². The Labute approximate surface area is 298 Å². The highest BCUT2D eigenvalue weighted by Crippen LogP contribution is 2.52. The number of pyridine rings is 2. The van der Waals surface area contributed by atoms with Gasteiger partial charge in [0.05, 0.1) is 40.4 Å². The topological polar surface area (TPSA) is 106 Å². The number of amides is 1. The number of anilines is 1. The molecule has 2 aliphatic heterocycles. The van der Waals surface area contributed by atoms with Gasteiger partial charge in [-0.2, -0.15) is 0 Å². The van der Waals surface area contributed by atoms with Crippen LogP contribution in [0.5, 0.6) is 5.75 Å². The van der Waals surface area contributed by atoms with E-state index in [9.17, 15) is 13.6 Å². The van der Waals surface area contributed by atoms with Gasteiger partial charge < -0.3 is 19.4 Å². The fraction of sp³-hybridized carbons (Fsp3) is 0.289. The number of carbonyl (C=O) groups excluding carboxylic acids is 1. The molecule has 1 aliphatic carbocycles. The largest absolute Gasteiger partial charge is 0.493 e. The molecule has 6 aromatic rings. The van der Waals surface area contributed by atoms with Crippen LogP contribution in [-0.4, -0.2) is 50.5 Å². The van der Waals surface area contributed by atoms with Crippen LogP contribution in [-0.2, 0) is 19.3 Å². The number of methoxy groups -OCH3 is 1. The van der Waals surface area contributed by atoms with Gasteiger partial charge in [0.15, 0.2) is 11.6 Å². The van der Waals surface area contributed by atoms with Gasteiger partial charge in [-0.25, -0.2) is 22.5 Å². The second-order valence-electron chi connectivity index (χ2n) is 13.3. The van der Waals surface area contributed by atoms with Gasteiger partial charge in [-0.3, -0.25) is 9.78 Å². The van der Waals surface area contributed by atoms with Gasteiger partial charge >= 0.3 is 0 Å². The summed E-state index contributed by atoms with van der Waals surface area (Å²) in [7, 11) is 1.26. The molecule has 2 atom stereocenters. The lowest BCUT2D eigenvalue weighted by molar-refractivity contribution is -0.00736. The number of aryl methyl sites for hydroxylation is 3. The number of carbonyl (C=O) groups is 1. The van der Waals surface area contributed by atoms with Crippen molar-refractivity contribution in [3.05, 3.63) is 106 Å². The molecule has 0 spiro atoms. The lowest BCUT2D eigenvalue weighted by Crippen LogP contribution is -2.28. The lowest BCUT2D eigenvalue weighted by Gasteiger charge is -2.22. The van der Waals surface area contributed by atoms with Crippen LogP contribution in [0.2, 0.25) is 0 Å². The molecular formula is C38H30F4N6O3S. The molecule has 264 valence electrons. The highest BCUT2D eigenvalue weighted by Gasteiger charge is 2.50. The Bertz CT molecular complexity index is 2410. The Kier molecular flexibility index (Phi) is 7.58. The van der Waals surface area contributed by atoms with Crippen molar-refractivity contribution in [3.63, 3.8) is 0 Å². The number of rotatable bonds is 8. The zero-order valence-corrected chi connectivity index (χ0v) is 28.8. The fourth-order valence-electron chi connectivity index (χ4n) is 7.88. The van der Waals surface area contributed by atoms with Crippen LogP contribution in [0.25, 0.3) is 32.0 Å². The molecule has 1 unspecified atom stereocenters. The average molecular weight is 727 g/mol. The minimum atomic E-state index is -3.26. The summed E-state index contributed by atoms with van der Waals surface area (Å²) in [6.45, 7) is 2.29. The standard InChI is InChI=1S/C38H30F4N6O3S/c1-18-46-47-36(51-18)28-25(12-7-19-5-8-21(39)9-6-19)44-31-26-4-3-15-48(26)37(49)30(31)29(28)27-16-20-13-14-43-35(33(20)52-27)45-34-22-10-11-24(40)32(50-2)23(22)17-38(34,41)42/h5-6,8-11,13-14,16,26,34H,3-4,7,12,15,17H2,1-2H3,(H,43,45)/t26?,34-/m0/s1. The zero-order valence-electron chi connectivity index (χ0n) is 28.0. The number of ether oxygens (including phenoxy) is 1. The Hall–Kier alpha value is -5.37. The zero-order chi connectivity index (χ0) is 35.9. The number of nitrogens with zero attached hydrogens (tertiary/aromatic N) is 5. The molecule has 1 N–H and O–H groups in total. The Morgan fingerprint density at radius 2 is 1.88 bits per heavy atom.